The second-order valence-corrected chi connectivity index (χ2v) is 4.41. The van der Waals surface area contributed by atoms with Gasteiger partial charge >= 0.3 is 5.97 Å². The average Bonchev–Trinajstić information content (AvgIpc) is 2.82. The summed E-state index contributed by atoms with van der Waals surface area (Å²) in [6.07, 6.45) is 2.28. The second-order valence-electron chi connectivity index (χ2n) is 4.00. The van der Waals surface area contributed by atoms with E-state index in [1.54, 1.807) is 6.07 Å². The van der Waals surface area contributed by atoms with Crippen LogP contribution in [0.25, 0.3) is 0 Å². The average molecular weight is 256 g/mol. The highest BCUT2D eigenvalue weighted by Crippen LogP contribution is 2.35. The summed E-state index contributed by atoms with van der Waals surface area (Å²) in [6.45, 7) is 1.91. The largest absolute Gasteiger partial charge is 0.496 e. The molecule has 1 aliphatic rings. The third kappa shape index (κ3) is 2.31. The van der Waals surface area contributed by atoms with Gasteiger partial charge in [-0.05, 0) is 18.9 Å². The van der Waals surface area contributed by atoms with Gasteiger partial charge in [0.25, 0.3) is 0 Å². The van der Waals surface area contributed by atoms with E-state index in [1.165, 1.54) is 13.2 Å². The van der Waals surface area contributed by atoms with E-state index in [-0.39, 0.29) is 5.56 Å². The van der Waals surface area contributed by atoms with Crippen molar-refractivity contribution in [1.29, 1.82) is 0 Å². The van der Waals surface area contributed by atoms with Crippen LogP contribution in [0.1, 0.15) is 23.2 Å². The molecule has 1 heterocycles. The lowest BCUT2D eigenvalue weighted by molar-refractivity contribution is 0.0693. The normalized spacial score (nSPS) is 15.1. The quantitative estimate of drug-likeness (QED) is 0.902. The van der Waals surface area contributed by atoms with Crippen molar-refractivity contribution in [3.63, 3.8) is 0 Å². The summed E-state index contributed by atoms with van der Waals surface area (Å²) in [4.78, 5) is 13.2. The van der Waals surface area contributed by atoms with Gasteiger partial charge in [-0.1, -0.05) is 11.6 Å². The Balaban J connectivity index is 2.44. The minimum Gasteiger partial charge on any atom is -0.496 e. The zero-order valence-electron chi connectivity index (χ0n) is 9.57. The fraction of sp³-hybridized carbons (Fsp3) is 0.417. The minimum absolute atomic E-state index is 0.0976. The lowest BCUT2D eigenvalue weighted by Crippen LogP contribution is -2.18. The van der Waals surface area contributed by atoms with Crippen molar-refractivity contribution in [3.8, 4) is 5.75 Å². The van der Waals surface area contributed by atoms with Crippen molar-refractivity contribution in [1.82, 2.24) is 0 Å². The van der Waals surface area contributed by atoms with Crippen molar-refractivity contribution in [2.75, 3.05) is 25.1 Å². The highest BCUT2D eigenvalue weighted by molar-refractivity contribution is 6.33. The number of rotatable bonds is 3. The summed E-state index contributed by atoms with van der Waals surface area (Å²) in [6, 6.07) is 3.16. The topological polar surface area (TPSA) is 49.8 Å². The fourth-order valence-corrected chi connectivity index (χ4v) is 2.36. The molecule has 1 fully saturated rings. The number of carboxylic acids is 1. The van der Waals surface area contributed by atoms with E-state index in [9.17, 15) is 4.79 Å². The van der Waals surface area contributed by atoms with Crippen molar-refractivity contribution in [2.24, 2.45) is 0 Å². The van der Waals surface area contributed by atoms with Gasteiger partial charge in [0.1, 0.15) is 11.3 Å². The molecule has 1 aromatic carbocycles. The van der Waals surface area contributed by atoms with E-state index in [1.807, 2.05) is 0 Å². The number of methoxy groups -OCH3 is 1. The summed E-state index contributed by atoms with van der Waals surface area (Å²) in [5.74, 6) is -0.680. The number of benzene rings is 1. The van der Waals surface area contributed by atoms with E-state index >= 15 is 0 Å². The molecule has 1 aliphatic heterocycles. The molecule has 0 aromatic heterocycles. The Morgan fingerprint density at radius 2 is 2.06 bits per heavy atom. The van der Waals surface area contributed by atoms with Crippen LogP contribution in [0, 0.1) is 0 Å². The highest BCUT2D eigenvalue weighted by atomic mass is 35.5. The number of ether oxygens (including phenoxy) is 1. The molecule has 1 saturated heterocycles. The first-order chi connectivity index (χ1) is 8.13. The van der Waals surface area contributed by atoms with Gasteiger partial charge in [-0.3, -0.25) is 0 Å². The molecule has 1 N–H and O–H groups in total. The highest BCUT2D eigenvalue weighted by Gasteiger charge is 2.20. The monoisotopic (exact) mass is 255 g/mol. The Morgan fingerprint density at radius 3 is 2.59 bits per heavy atom. The lowest BCUT2D eigenvalue weighted by Gasteiger charge is -2.20. The first-order valence-corrected chi connectivity index (χ1v) is 5.87. The third-order valence-corrected chi connectivity index (χ3v) is 3.25. The number of hydrogen-bond acceptors (Lipinski definition) is 3. The van der Waals surface area contributed by atoms with Gasteiger partial charge in [0, 0.05) is 19.2 Å². The van der Waals surface area contributed by atoms with Crippen molar-refractivity contribution in [3.05, 3.63) is 22.7 Å². The van der Waals surface area contributed by atoms with E-state index in [0.717, 1.165) is 31.6 Å². The van der Waals surface area contributed by atoms with Crippen molar-refractivity contribution >= 4 is 23.3 Å². The molecule has 0 saturated carbocycles. The molecule has 4 nitrogen and oxygen atoms in total. The molecular weight excluding hydrogens is 242 g/mol. The smallest absolute Gasteiger partial charge is 0.339 e. The molecule has 0 radical (unpaired) electrons. The number of nitrogens with zero attached hydrogens (tertiary/aromatic N) is 1. The van der Waals surface area contributed by atoms with Crippen LogP contribution in [0.2, 0.25) is 5.02 Å². The van der Waals surface area contributed by atoms with Crippen molar-refractivity contribution < 1.29 is 14.6 Å². The molecule has 92 valence electrons. The SMILES string of the molecule is COc1cc(N2CCCC2)c(Cl)cc1C(=O)O. The molecule has 2 rings (SSSR count). The molecule has 0 bridgehead atoms. The van der Waals surface area contributed by atoms with Crippen LogP contribution >= 0.6 is 11.6 Å². The van der Waals surface area contributed by atoms with Crippen LogP contribution < -0.4 is 9.64 Å². The van der Waals surface area contributed by atoms with Crippen LogP contribution in [0.3, 0.4) is 0 Å². The zero-order chi connectivity index (χ0) is 12.4. The number of anilines is 1. The Bertz CT molecular complexity index is 442. The van der Waals surface area contributed by atoms with Gasteiger partial charge in [-0.2, -0.15) is 0 Å². The molecule has 0 aliphatic carbocycles. The summed E-state index contributed by atoms with van der Waals surface area (Å²) in [5, 5.41) is 9.49. The Morgan fingerprint density at radius 1 is 1.41 bits per heavy atom. The zero-order valence-corrected chi connectivity index (χ0v) is 10.3. The molecule has 1 aromatic rings. The van der Waals surface area contributed by atoms with E-state index < -0.39 is 5.97 Å². The second kappa shape index (κ2) is 4.84. The first kappa shape index (κ1) is 12.0. The maximum Gasteiger partial charge on any atom is 0.339 e. The predicted octanol–water partition coefficient (Wildman–Crippen LogP) is 2.65. The molecule has 17 heavy (non-hydrogen) atoms. The Labute approximate surface area is 105 Å². The van der Waals surface area contributed by atoms with E-state index in [4.69, 9.17) is 21.4 Å². The first-order valence-electron chi connectivity index (χ1n) is 5.49. The van der Waals surface area contributed by atoms with Gasteiger partial charge in [-0.25, -0.2) is 4.79 Å². The van der Waals surface area contributed by atoms with Gasteiger partial charge in [0.05, 0.1) is 17.8 Å². The Hall–Kier alpha value is -1.42. The minimum atomic E-state index is -1.03. The van der Waals surface area contributed by atoms with Gasteiger partial charge in [0.15, 0.2) is 0 Å². The molecule has 0 amide bonds. The van der Waals surface area contributed by atoms with E-state index in [2.05, 4.69) is 4.90 Å². The number of carboxylic acid groups (broad SMARTS) is 1. The molecular formula is C12H14ClNO3. The molecule has 0 spiro atoms. The van der Waals surface area contributed by atoms with Crippen LogP contribution in [-0.2, 0) is 0 Å². The van der Waals surface area contributed by atoms with Gasteiger partial charge < -0.3 is 14.7 Å². The molecule has 0 atom stereocenters. The maximum atomic E-state index is 11.0. The van der Waals surface area contributed by atoms with E-state index in [0.29, 0.717) is 10.8 Å². The van der Waals surface area contributed by atoms with Crippen LogP contribution in [-0.4, -0.2) is 31.3 Å². The lowest BCUT2D eigenvalue weighted by atomic mass is 10.1. The number of carbonyl (C=O) groups is 1. The number of aromatic carboxylic acids is 1. The standard InChI is InChI=1S/C12H14ClNO3/c1-17-11-7-10(14-4-2-3-5-14)9(13)6-8(11)12(15)16/h6-7H,2-5H2,1H3,(H,15,16). The fourth-order valence-electron chi connectivity index (χ4n) is 2.08. The van der Waals surface area contributed by atoms with Crippen molar-refractivity contribution in [2.45, 2.75) is 12.8 Å². The van der Waals surface area contributed by atoms with Gasteiger partial charge in [-0.15, -0.1) is 0 Å². The van der Waals surface area contributed by atoms with Crippen LogP contribution in [0.15, 0.2) is 12.1 Å². The maximum absolute atomic E-state index is 11.0. The summed E-state index contributed by atoms with van der Waals surface area (Å²) >= 11 is 6.12. The number of halogens is 1. The number of hydrogen-bond donors (Lipinski definition) is 1. The van der Waals surface area contributed by atoms with Crippen LogP contribution in [0.4, 0.5) is 5.69 Å². The summed E-state index contributed by atoms with van der Waals surface area (Å²) < 4.78 is 5.10. The van der Waals surface area contributed by atoms with Gasteiger partial charge in [0.2, 0.25) is 0 Å². The molecule has 5 heteroatoms. The molecule has 0 unspecified atom stereocenters. The Kier molecular flexibility index (Phi) is 3.43. The van der Waals surface area contributed by atoms with Crippen LogP contribution in [0.5, 0.6) is 5.75 Å². The summed E-state index contributed by atoms with van der Waals surface area (Å²) in [7, 11) is 1.46. The predicted molar refractivity (Wildman–Crippen MR) is 66.4 cm³/mol. The summed E-state index contributed by atoms with van der Waals surface area (Å²) in [5.41, 5.74) is 0.950. The third-order valence-electron chi connectivity index (χ3n) is 2.95.